The number of nitrogens with two attached hydrogens (primary N) is 1. The van der Waals surface area contributed by atoms with E-state index in [0.717, 1.165) is 25.7 Å². The number of nitrogens with one attached hydrogen (secondary N) is 1. The Morgan fingerprint density at radius 3 is 2.31 bits per heavy atom. The van der Waals surface area contributed by atoms with Crippen molar-refractivity contribution in [2.24, 2.45) is 23.5 Å². The zero-order valence-electron chi connectivity index (χ0n) is 14.8. The number of hydrogen-bond acceptors (Lipinski definition) is 4. The highest BCUT2D eigenvalue weighted by Crippen LogP contribution is 2.42. The zero-order valence-corrected chi connectivity index (χ0v) is 16.4. The molecule has 0 aromatic heterocycles. The number of fused-ring (bicyclic) bond motifs is 2. The summed E-state index contributed by atoms with van der Waals surface area (Å²) >= 11 is 5.91. The molecule has 0 radical (unpaired) electrons. The van der Waals surface area contributed by atoms with E-state index in [2.05, 4.69) is 5.32 Å². The number of halogens is 2. The Hall–Kier alpha value is -1.30. The van der Waals surface area contributed by atoms with Gasteiger partial charge in [0.25, 0.3) is 0 Å². The van der Waals surface area contributed by atoms with Crippen molar-refractivity contribution in [3.05, 3.63) is 34.9 Å². The number of hydrogen-bond donors (Lipinski definition) is 2. The maximum Gasteiger partial charge on any atom is 0.333 e. The minimum atomic E-state index is -0.815. The quantitative estimate of drug-likeness (QED) is 0.759. The van der Waals surface area contributed by atoms with Crippen LogP contribution in [0.1, 0.15) is 43.7 Å². The Labute approximate surface area is 165 Å². The van der Waals surface area contributed by atoms with Gasteiger partial charge < -0.3 is 15.8 Å². The molecule has 1 aromatic carbocycles. The average Bonchev–Trinajstić information content (AvgIpc) is 2.59. The van der Waals surface area contributed by atoms with E-state index in [0.29, 0.717) is 22.4 Å². The van der Waals surface area contributed by atoms with E-state index < -0.39 is 12.0 Å². The molecule has 3 atom stereocenters. The number of benzene rings is 1. The van der Waals surface area contributed by atoms with Crippen molar-refractivity contribution in [2.75, 3.05) is 7.11 Å². The van der Waals surface area contributed by atoms with Crippen LogP contribution in [-0.4, -0.2) is 25.0 Å². The highest BCUT2D eigenvalue weighted by molar-refractivity contribution is 6.30. The fraction of sp³-hybridized carbons (Fsp3) is 0.579. The van der Waals surface area contributed by atoms with Gasteiger partial charge in [-0.05, 0) is 55.2 Å². The molecule has 26 heavy (non-hydrogen) atoms. The van der Waals surface area contributed by atoms with E-state index in [9.17, 15) is 9.59 Å². The lowest BCUT2D eigenvalue weighted by Crippen LogP contribution is -2.49. The molecule has 144 valence electrons. The normalized spacial score (nSPS) is 28.4. The third-order valence-electron chi connectivity index (χ3n) is 5.71. The fourth-order valence-corrected chi connectivity index (χ4v) is 4.44. The summed E-state index contributed by atoms with van der Waals surface area (Å²) in [6, 6.07) is 6.26. The van der Waals surface area contributed by atoms with Crippen LogP contribution < -0.4 is 11.1 Å². The smallest absolute Gasteiger partial charge is 0.333 e. The maximum atomic E-state index is 12.8. The summed E-state index contributed by atoms with van der Waals surface area (Å²) in [6.45, 7) is 0. The highest BCUT2D eigenvalue weighted by Gasteiger charge is 2.41. The number of methoxy groups -OCH3 is 1. The first-order valence-electron chi connectivity index (χ1n) is 8.89. The fourth-order valence-electron chi connectivity index (χ4n) is 4.31. The number of ether oxygens (including phenoxy) is 1. The molecule has 0 spiro atoms. The minimum Gasteiger partial charge on any atom is -0.467 e. The van der Waals surface area contributed by atoms with Crippen LogP contribution in [0.3, 0.4) is 0 Å². The largest absolute Gasteiger partial charge is 0.467 e. The second kappa shape index (κ2) is 9.07. The van der Waals surface area contributed by atoms with Crippen LogP contribution >= 0.6 is 24.0 Å². The van der Waals surface area contributed by atoms with Crippen LogP contribution in [0.5, 0.6) is 0 Å². The Morgan fingerprint density at radius 2 is 1.77 bits per heavy atom. The molecule has 1 aromatic rings. The predicted molar refractivity (Wildman–Crippen MR) is 103 cm³/mol. The molecular weight excluding hydrogens is 375 g/mol. The molecule has 2 aliphatic rings. The minimum absolute atomic E-state index is 0. The molecule has 2 bridgehead atoms. The van der Waals surface area contributed by atoms with Crippen molar-refractivity contribution in [3.63, 3.8) is 0 Å². The van der Waals surface area contributed by atoms with Crippen LogP contribution in [0.2, 0.25) is 5.02 Å². The molecule has 3 N–H and O–H groups in total. The van der Waals surface area contributed by atoms with Crippen LogP contribution in [0.15, 0.2) is 24.3 Å². The Morgan fingerprint density at radius 1 is 1.19 bits per heavy atom. The second-order valence-corrected chi connectivity index (χ2v) is 7.65. The van der Waals surface area contributed by atoms with Gasteiger partial charge in [0, 0.05) is 17.0 Å². The average molecular weight is 401 g/mol. The van der Waals surface area contributed by atoms with Crippen molar-refractivity contribution >= 4 is 35.9 Å². The third kappa shape index (κ3) is 4.51. The van der Waals surface area contributed by atoms with Gasteiger partial charge in [0.2, 0.25) is 5.91 Å². The van der Waals surface area contributed by atoms with Crippen LogP contribution in [-0.2, 0) is 14.3 Å². The molecule has 2 aliphatic carbocycles. The lowest BCUT2D eigenvalue weighted by atomic mass is 9.65. The van der Waals surface area contributed by atoms with Crippen molar-refractivity contribution in [1.82, 2.24) is 5.32 Å². The summed E-state index contributed by atoms with van der Waals surface area (Å²) in [4.78, 5) is 25.0. The molecule has 3 rings (SSSR count). The Balaban J connectivity index is 0.00000243. The SMILES string of the molecule is COC(=O)C(NC(=O)C1CC2CCCC(C1)C2N)c1ccc(Cl)cc1.Cl. The van der Waals surface area contributed by atoms with Gasteiger partial charge in [0.05, 0.1) is 7.11 Å². The van der Waals surface area contributed by atoms with E-state index in [1.165, 1.54) is 13.5 Å². The lowest BCUT2D eigenvalue weighted by molar-refractivity contribution is -0.146. The molecule has 7 heteroatoms. The lowest BCUT2D eigenvalue weighted by Gasteiger charge is -2.43. The van der Waals surface area contributed by atoms with Crippen molar-refractivity contribution in [3.8, 4) is 0 Å². The molecule has 0 saturated heterocycles. The summed E-state index contributed by atoms with van der Waals surface area (Å²) in [6.07, 6.45) is 5.00. The predicted octanol–water partition coefficient (Wildman–Crippen LogP) is 3.25. The van der Waals surface area contributed by atoms with Gasteiger partial charge >= 0.3 is 5.97 Å². The summed E-state index contributed by atoms with van der Waals surface area (Å²) in [5, 5.41) is 3.46. The Bertz CT molecular complexity index is 624. The van der Waals surface area contributed by atoms with Crippen molar-refractivity contribution in [1.29, 1.82) is 0 Å². The van der Waals surface area contributed by atoms with Crippen LogP contribution in [0, 0.1) is 17.8 Å². The first kappa shape index (κ1) is 21.0. The molecule has 0 heterocycles. The highest BCUT2D eigenvalue weighted by atomic mass is 35.5. The molecule has 2 saturated carbocycles. The van der Waals surface area contributed by atoms with E-state index in [1.807, 2.05) is 0 Å². The van der Waals surface area contributed by atoms with Gasteiger partial charge in [-0.25, -0.2) is 4.79 Å². The standard InChI is InChI=1S/C19H25ClN2O3.ClH/c1-25-19(24)17(11-5-7-15(20)8-6-11)22-18(23)14-9-12-3-2-4-13(10-14)16(12)21;/h5-8,12-14,16-17H,2-4,9-10,21H2,1H3,(H,22,23);1H. The molecule has 3 unspecified atom stereocenters. The molecule has 0 aliphatic heterocycles. The van der Waals surface area contributed by atoms with Gasteiger partial charge in [0.15, 0.2) is 6.04 Å². The van der Waals surface area contributed by atoms with Gasteiger partial charge in [-0.3, -0.25) is 4.79 Å². The topological polar surface area (TPSA) is 81.4 Å². The maximum absolute atomic E-state index is 12.8. The Kier molecular flexibility index (Phi) is 7.33. The summed E-state index contributed by atoms with van der Waals surface area (Å²) < 4.78 is 4.87. The summed E-state index contributed by atoms with van der Waals surface area (Å²) in [5.74, 6) is 0.165. The third-order valence-corrected chi connectivity index (χ3v) is 5.96. The first-order valence-corrected chi connectivity index (χ1v) is 9.26. The summed E-state index contributed by atoms with van der Waals surface area (Å²) in [5.41, 5.74) is 6.97. The van der Waals surface area contributed by atoms with E-state index in [-0.39, 0.29) is 30.3 Å². The molecule has 5 nitrogen and oxygen atoms in total. The van der Waals surface area contributed by atoms with E-state index >= 15 is 0 Å². The summed E-state index contributed by atoms with van der Waals surface area (Å²) in [7, 11) is 1.32. The van der Waals surface area contributed by atoms with E-state index in [4.69, 9.17) is 22.1 Å². The number of carbonyl (C=O) groups excluding carboxylic acids is 2. The van der Waals surface area contributed by atoms with Crippen LogP contribution in [0.25, 0.3) is 0 Å². The molecular formula is C19H26Cl2N2O3. The molecule has 2 fully saturated rings. The van der Waals surface area contributed by atoms with E-state index in [1.54, 1.807) is 24.3 Å². The number of carbonyl (C=O) groups is 2. The first-order chi connectivity index (χ1) is 12.0. The van der Waals surface area contributed by atoms with Gasteiger partial charge in [-0.15, -0.1) is 12.4 Å². The van der Waals surface area contributed by atoms with Gasteiger partial charge in [-0.1, -0.05) is 30.2 Å². The van der Waals surface area contributed by atoms with Gasteiger partial charge in [-0.2, -0.15) is 0 Å². The van der Waals surface area contributed by atoms with Gasteiger partial charge in [0.1, 0.15) is 0 Å². The number of rotatable bonds is 4. The monoisotopic (exact) mass is 400 g/mol. The zero-order chi connectivity index (χ0) is 18.0. The van der Waals surface area contributed by atoms with Crippen molar-refractivity contribution < 1.29 is 14.3 Å². The second-order valence-electron chi connectivity index (χ2n) is 7.21. The number of esters is 1. The van der Waals surface area contributed by atoms with Crippen LogP contribution in [0.4, 0.5) is 0 Å². The molecule has 1 amide bonds. The number of amides is 1. The van der Waals surface area contributed by atoms with Crippen molar-refractivity contribution in [2.45, 2.75) is 44.2 Å².